The van der Waals surface area contributed by atoms with Crippen LogP contribution in [-0.2, 0) is 11.3 Å². The Balaban J connectivity index is 2.08. The second-order valence-corrected chi connectivity index (χ2v) is 5.83. The van der Waals surface area contributed by atoms with Gasteiger partial charge in [-0.15, -0.1) is 0 Å². The maximum Gasteiger partial charge on any atom is 0.0968 e. The Morgan fingerprint density at radius 2 is 2.00 bits per heavy atom. The number of nitrogens with one attached hydrogen (secondary N) is 1. The molecule has 1 atom stereocenters. The van der Waals surface area contributed by atoms with Gasteiger partial charge in [0, 0.05) is 21.6 Å². The van der Waals surface area contributed by atoms with Crippen molar-refractivity contribution in [2.24, 2.45) is 0 Å². The summed E-state index contributed by atoms with van der Waals surface area (Å²) in [7, 11) is 1.91. The third-order valence-electron chi connectivity index (χ3n) is 2.98. The van der Waals surface area contributed by atoms with Gasteiger partial charge in [-0.05, 0) is 30.8 Å². The second kappa shape index (κ2) is 7.79. The van der Waals surface area contributed by atoms with Crippen molar-refractivity contribution in [3.05, 3.63) is 69.2 Å². The van der Waals surface area contributed by atoms with Gasteiger partial charge in [0.1, 0.15) is 0 Å². The summed E-state index contributed by atoms with van der Waals surface area (Å²) in [5.41, 5.74) is 2.14. The summed E-state index contributed by atoms with van der Waals surface area (Å²) in [5.74, 6) is 0. The molecule has 0 aromatic heterocycles. The molecule has 106 valence electrons. The molecule has 0 radical (unpaired) electrons. The van der Waals surface area contributed by atoms with Crippen LogP contribution in [0.25, 0.3) is 0 Å². The van der Waals surface area contributed by atoms with Crippen LogP contribution in [0.5, 0.6) is 0 Å². The van der Waals surface area contributed by atoms with E-state index in [2.05, 4.69) is 27.3 Å². The van der Waals surface area contributed by atoms with Crippen molar-refractivity contribution < 1.29 is 4.74 Å². The number of benzene rings is 2. The van der Waals surface area contributed by atoms with Gasteiger partial charge in [-0.2, -0.15) is 0 Å². The molecule has 2 aromatic carbocycles. The van der Waals surface area contributed by atoms with Gasteiger partial charge in [0.2, 0.25) is 0 Å². The molecule has 1 unspecified atom stereocenters. The monoisotopic (exact) mass is 353 g/mol. The second-order valence-electron chi connectivity index (χ2n) is 4.51. The van der Waals surface area contributed by atoms with E-state index in [1.807, 2.05) is 49.5 Å². The smallest absolute Gasteiger partial charge is 0.0968 e. The zero-order chi connectivity index (χ0) is 14.4. The average molecular weight is 355 g/mol. The predicted molar refractivity (Wildman–Crippen MR) is 87.1 cm³/mol. The molecule has 0 saturated carbocycles. The van der Waals surface area contributed by atoms with Crippen molar-refractivity contribution in [1.29, 1.82) is 0 Å². The number of halogens is 2. The van der Waals surface area contributed by atoms with E-state index in [-0.39, 0.29) is 6.10 Å². The summed E-state index contributed by atoms with van der Waals surface area (Å²) in [6.45, 7) is 1.27. The minimum absolute atomic E-state index is 0.0623. The van der Waals surface area contributed by atoms with Gasteiger partial charge >= 0.3 is 0 Å². The van der Waals surface area contributed by atoms with Crippen molar-refractivity contribution >= 4 is 27.5 Å². The third-order valence-corrected chi connectivity index (χ3v) is 3.82. The number of rotatable bonds is 6. The molecule has 0 saturated heterocycles. The Bertz CT molecular complexity index is 562. The van der Waals surface area contributed by atoms with E-state index in [1.165, 1.54) is 0 Å². The van der Waals surface area contributed by atoms with Crippen LogP contribution in [0, 0.1) is 0 Å². The van der Waals surface area contributed by atoms with Gasteiger partial charge in [-0.25, -0.2) is 0 Å². The van der Waals surface area contributed by atoms with Crippen LogP contribution in [-0.4, -0.2) is 13.6 Å². The Morgan fingerprint density at radius 1 is 1.20 bits per heavy atom. The highest BCUT2D eigenvalue weighted by Gasteiger charge is 2.14. The van der Waals surface area contributed by atoms with Crippen LogP contribution >= 0.6 is 27.5 Å². The number of hydrogen-bond acceptors (Lipinski definition) is 2. The Morgan fingerprint density at radius 3 is 2.70 bits per heavy atom. The predicted octanol–water partition coefficient (Wildman–Crippen LogP) is 4.58. The topological polar surface area (TPSA) is 21.3 Å². The van der Waals surface area contributed by atoms with E-state index >= 15 is 0 Å². The van der Waals surface area contributed by atoms with E-state index in [0.717, 1.165) is 27.2 Å². The summed E-state index contributed by atoms with van der Waals surface area (Å²) >= 11 is 9.71. The molecule has 0 fully saturated rings. The maximum atomic E-state index is 6.25. The van der Waals surface area contributed by atoms with Crippen molar-refractivity contribution in [2.75, 3.05) is 13.6 Å². The van der Waals surface area contributed by atoms with Gasteiger partial charge in [-0.3, -0.25) is 0 Å². The summed E-state index contributed by atoms with van der Waals surface area (Å²) in [6.07, 6.45) is -0.0623. The zero-order valence-electron chi connectivity index (χ0n) is 11.3. The first kappa shape index (κ1) is 15.5. The lowest BCUT2D eigenvalue weighted by Gasteiger charge is -2.19. The number of hydrogen-bond donors (Lipinski definition) is 1. The van der Waals surface area contributed by atoms with E-state index in [4.69, 9.17) is 16.3 Å². The van der Waals surface area contributed by atoms with Gasteiger partial charge in [-0.1, -0.05) is 57.9 Å². The normalized spacial score (nSPS) is 12.3. The maximum absolute atomic E-state index is 6.25. The molecule has 4 heteroatoms. The van der Waals surface area contributed by atoms with E-state index < -0.39 is 0 Å². The molecule has 2 rings (SSSR count). The lowest BCUT2D eigenvalue weighted by molar-refractivity contribution is 0.0411. The average Bonchev–Trinajstić information content (AvgIpc) is 2.44. The molecule has 0 aliphatic carbocycles. The van der Waals surface area contributed by atoms with Crippen LogP contribution in [0.4, 0.5) is 0 Å². The Kier molecular flexibility index (Phi) is 6.05. The quantitative estimate of drug-likeness (QED) is 0.820. The van der Waals surface area contributed by atoms with Crippen LogP contribution in [0.1, 0.15) is 17.2 Å². The Labute approximate surface area is 133 Å². The van der Waals surface area contributed by atoms with Crippen LogP contribution in [0.2, 0.25) is 5.02 Å². The highest BCUT2D eigenvalue weighted by atomic mass is 79.9. The fraction of sp³-hybridized carbons (Fsp3) is 0.250. The number of ether oxygens (including phenoxy) is 1. The minimum Gasteiger partial charge on any atom is -0.367 e. The van der Waals surface area contributed by atoms with Crippen molar-refractivity contribution in [2.45, 2.75) is 12.7 Å². The standard InChI is InChI=1S/C16H17BrClNO/c1-19-10-16(14-7-2-3-8-15(14)18)20-11-12-5-4-6-13(17)9-12/h2-9,16,19H,10-11H2,1H3. The first-order valence-electron chi connectivity index (χ1n) is 6.46. The van der Waals surface area contributed by atoms with Gasteiger partial charge in [0.15, 0.2) is 0 Å². The third kappa shape index (κ3) is 4.32. The van der Waals surface area contributed by atoms with E-state index in [0.29, 0.717) is 6.61 Å². The molecule has 0 aliphatic rings. The van der Waals surface area contributed by atoms with Crippen molar-refractivity contribution in [1.82, 2.24) is 5.32 Å². The highest BCUT2D eigenvalue weighted by Crippen LogP contribution is 2.26. The molecule has 0 heterocycles. The molecule has 2 nitrogen and oxygen atoms in total. The van der Waals surface area contributed by atoms with Crippen LogP contribution in [0.3, 0.4) is 0 Å². The van der Waals surface area contributed by atoms with Crippen molar-refractivity contribution in [3.8, 4) is 0 Å². The lowest BCUT2D eigenvalue weighted by Crippen LogP contribution is -2.20. The first-order valence-corrected chi connectivity index (χ1v) is 7.63. The summed E-state index contributed by atoms with van der Waals surface area (Å²) < 4.78 is 7.08. The molecule has 1 N–H and O–H groups in total. The Hall–Kier alpha value is -0.870. The van der Waals surface area contributed by atoms with Gasteiger partial charge in [0.05, 0.1) is 12.7 Å². The number of likely N-dealkylation sites (N-methyl/N-ethyl adjacent to an activating group) is 1. The highest BCUT2D eigenvalue weighted by molar-refractivity contribution is 9.10. The molecule has 0 spiro atoms. The van der Waals surface area contributed by atoms with Gasteiger partial charge in [0.25, 0.3) is 0 Å². The SMILES string of the molecule is CNCC(OCc1cccc(Br)c1)c1ccccc1Cl. The van der Waals surface area contributed by atoms with E-state index in [1.54, 1.807) is 0 Å². The summed E-state index contributed by atoms with van der Waals surface area (Å²) in [6, 6.07) is 15.9. The molecule has 2 aromatic rings. The van der Waals surface area contributed by atoms with Crippen molar-refractivity contribution in [3.63, 3.8) is 0 Å². The minimum atomic E-state index is -0.0623. The molecule has 0 bridgehead atoms. The summed E-state index contributed by atoms with van der Waals surface area (Å²) in [4.78, 5) is 0. The molecular weight excluding hydrogens is 338 g/mol. The van der Waals surface area contributed by atoms with Crippen LogP contribution in [0.15, 0.2) is 53.0 Å². The van der Waals surface area contributed by atoms with E-state index in [9.17, 15) is 0 Å². The lowest BCUT2D eigenvalue weighted by atomic mass is 10.1. The fourth-order valence-electron chi connectivity index (χ4n) is 2.00. The fourth-order valence-corrected chi connectivity index (χ4v) is 2.71. The largest absolute Gasteiger partial charge is 0.367 e. The zero-order valence-corrected chi connectivity index (χ0v) is 13.6. The molecule has 0 aliphatic heterocycles. The van der Waals surface area contributed by atoms with Gasteiger partial charge < -0.3 is 10.1 Å². The summed E-state index contributed by atoms with van der Waals surface area (Å²) in [5, 5.41) is 3.89. The molecule has 0 amide bonds. The first-order chi connectivity index (χ1) is 9.70. The molecule has 20 heavy (non-hydrogen) atoms. The molecular formula is C16H17BrClNO. The van der Waals surface area contributed by atoms with Crippen LogP contribution < -0.4 is 5.32 Å².